The SMILES string of the molecule is CN(Cc1cccc(Br)c1)CC1CC2CCC1C2. The van der Waals surface area contributed by atoms with Gasteiger partial charge in [-0.2, -0.15) is 0 Å². The third-order valence-electron chi connectivity index (χ3n) is 4.77. The average Bonchev–Trinajstić information content (AvgIpc) is 2.90. The fraction of sp³-hybridized carbons (Fsp3) is 0.625. The second-order valence-corrected chi connectivity index (χ2v) is 7.18. The number of hydrogen-bond donors (Lipinski definition) is 0. The molecule has 0 heterocycles. The van der Waals surface area contributed by atoms with Crippen LogP contribution in [0.5, 0.6) is 0 Å². The quantitative estimate of drug-likeness (QED) is 0.801. The third kappa shape index (κ3) is 2.80. The maximum Gasteiger partial charge on any atom is 0.0231 e. The number of nitrogens with zero attached hydrogens (tertiary/aromatic N) is 1. The van der Waals surface area contributed by atoms with E-state index in [0.29, 0.717) is 0 Å². The van der Waals surface area contributed by atoms with E-state index in [1.165, 1.54) is 42.3 Å². The summed E-state index contributed by atoms with van der Waals surface area (Å²) in [6.45, 7) is 2.36. The maximum absolute atomic E-state index is 3.55. The van der Waals surface area contributed by atoms with Crippen molar-refractivity contribution < 1.29 is 0 Å². The van der Waals surface area contributed by atoms with Crippen LogP contribution in [-0.2, 0) is 6.54 Å². The Morgan fingerprint density at radius 2 is 2.17 bits per heavy atom. The van der Waals surface area contributed by atoms with Gasteiger partial charge in [0.05, 0.1) is 0 Å². The topological polar surface area (TPSA) is 3.24 Å². The summed E-state index contributed by atoms with van der Waals surface area (Å²) in [5, 5.41) is 0. The lowest BCUT2D eigenvalue weighted by Crippen LogP contribution is -2.28. The standard InChI is InChI=1S/C16H22BrN/c1-18(10-13-3-2-4-16(17)9-13)11-15-8-12-5-6-14(15)7-12/h2-4,9,12,14-15H,5-8,10-11H2,1H3. The first-order chi connectivity index (χ1) is 8.70. The van der Waals surface area contributed by atoms with Crippen LogP contribution >= 0.6 is 15.9 Å². The Morgan fingerprint density at radius 1 is 1.28 bits per heavy atom. The third-order valence-corrected chi connectivity index (χ3v) is 5.27. The molecular weight excluding hydrogens is 286 g/mol. The minimum Gasteiger partial charge on any atom is -0.302 e. The number of halogens is 1. The molecule has 1 aromatic carbocycles. The molecule has 1 nitrogen and oxygen atoms in total. The van der Waals surface area contributed by atoms with Crippen molar-refractivity contribution in [3.63, 3.8) is 0 Å². The molecule has 2 saturated carbocycles. The molecule has 2 aliphatic carbocycles. The minimum absolute atomic E-state index is 0.973. The van der Waals surface area contributed by atoms with Crippen LogP contribution in [0.25, 0.3) is 0 Å². The van der Waals surface area contributed by atoms with E-state index >= 15 is 0 Å². The van der Waals surface area contributed by atoms with Gasteiger partial charge in [-0.05, 0) is 61.8 Å². The van der Waals surface area contributed by atoms with E-state index in [9.17, 15) is 0 Å². The van der Waals surface area contributed by atoms with E-state index in [2.05, 4.69) is 52.1 Å². The van der Waals surface area contributed by atoms with Crippen molar-refractivity contribution in [2.45, 2.75) is 32.2 Å². The van der Waals surface area contributed by atoms with Crippen molar-refractivity contribution in [1.29, 1.82) is 0 Å². The van der Waals surface area contributed by atoms with Crippen molar-refractivity contribution in [1.82, 2.24) is 4.90 Å². The zero-order valence-corrected chi connectivity index (χ0v) is 12.7. The highest BCUT2D eigenvalue weighted by Crippen LogP contribution is 2.48. The molecule has 2 fully saturated rings. The van der Waals surface area contributed by atoms with Gasteiger partial charge in [0.2, 0.25) is 0 Å². The Morgan fingerprint density at radius 3 is 2.83 bits per heavy atom. The predicted molar refractivity (Wildman–Crippen MR) is 79.4 cm³/mol. The van der Waals surface area contributed by atoms with E-state index in [1.807, 2.05) is 0 Å². The van der Waals surface area contributed by atoms with Gasteiger partial charge in [-0.1, -0.05) is 34.5 Å². The molecule has 0 amide bonds. The molecule has 0 N–H and O–H groups in total. The number of hydrogen-bond acceptors (Lipinski definition) is 1. The Labute approximate surface area is 119 Å². The van der Waals surface area contributed by atoms with Crippen LogP contribution in [0.1, 0.15) is 31.2 Å². The van der Waals surface area contributed by atoms with Gasteiger partial charge in [0.1, 0.15) is 0 Å². The van der Waals surface area contributed by atoms with Gasteiger partial charge in [-0.15, -0.1) is 0 Å². The zero-order valence-electron chi connectivity index (χ0n) is 11.1. The largest absolute Gasteiger partial charge is 0.302 e. The fourth-order valence-electron chi connectivity index (χ4n) is 4.01. The smallest absolute Gasteiger partial charge is 0.0231 e. The van der Waals surface area contributed by atoms with Crippen LogP contribution in [0.3, 0.4) is 0 Å². The lowest BCUT2D eigenvalue weighted by molar-refractivity contribution is 0.214. The molecule has 2 aliphatic rings. The van der Waals surface area contributed by atoms with E-state index in [1.54, 1.807) is 0 Å². The molecule has 3 atom stereocenters. The summed E-state index contributed by atoms with van der Waals surface area (Å²) in [4.78, 5) is 2.51. The van der Waals surface area contributed by atoms with Gasteiger partial charge in [0, 0.05) is 17.6 Å². The molecular formula is C16H22BrN. The zero-order chi connectivity index (χ0) is 12.5. The molecule has 0 aliphatic heterocycles. The lowest BCUT2D eigenvalue weighted by Gasteiger charge is -2.27. The Kier molecular flexibility index (Phi) is 3.76. The van der Waals surface area contributed by atoms with Gasteiger partial charge in [-0.25, -0.2) is 0 Å². The normalized spacial score (nSPS) is 30.3. The molecule has 98 valence electrons. The second-order valence-electron chi connectivity index (χ2n) is 6.26. The summed E-state index contributed by atoms with van der Waals surface area (Å²) >= 11 is 3.55. The van der Waals surface area contributed by atoms with Crippen molar-refractivity contribution >= 4 is 15.9 Å². The van der Waals surface area contributed by atoms with Gasteiger partial charge < -0.3 is 4.90 Å². The van der Waals surface area contributed by atoms with E-state index in [4.69, 9.17) is 0 Å². The van der Waals surface area contributed by atoms with Crippen LogP contribution in [0.4, 0.5) is 0 Å². The molecule has 2 heteroatoms. The first-order valence-electron chi connectivity index (χ1n) is 7.13. The summed E-state index contributed by atoms with van der Waals surface area (Å²) < 4.78 is 1.19. The number of rotatable bonds is 4. The molecule has 2 bridgehead atoms. The number of benzene rings is 1. The summed E-state index contributed by atoms with van der Waals surface area (Å²) in [5.41, 5.74) is 1.41. The van der Waals surface area contributed by atoms with Gasteiger partial charge >= 0.3 is 0 Å². The Bertz CT molecular complexity index is 417. The highest BCUT2D eigenvalue weighted by molar-refractivity contribution is 9.10. The van der Waals surface area contributed by atoms with E-state index in [-0.39, 0.29) is 0 Å². The van der Waals surface area contributed by atoms with Crippen molar-refractivity contribution in [2.75, 3.05) is 13.6 Å². The maximum atomic E-state index is 3.55. The first kappa shape index (κ1) is 12.7. The monoisotopic (exact) mass is 307 g/mol. The molecule has 0 spiro atoms. The Balaban J connectivity index is 1.54. The summed E-state index contributed by atoms with van der Waals surface area (Å²) in [6.07, 6.45) is 6.03. The molecule has 1 aromatic rings. The van der Waals surface area contributed by atoms with E-state index in [0.717, 1.165) is 24.3 Å². The van der Waals surface area contributed by atoms with Gasteiger partial charge in [-0.3, -0.25) is 0 Å². The fourth-order valence-corrected chi connectivity index (χ4v) is 4.46. The minimum atomic E-state index is 0.973. The van der Waals surface area contributed by atoms with Crippen LogP contribution in [0, 0.1) is 17.8 Å². The van der Waals surface area contributed by atoms with Crippen LogP contribution in [0.15, 0.2) is 28.7 Å². The van der Waals surface area contributed by atoms with Gasteiger partial charge in [0.15, 0.2) is 0 Å². The molecule has 0 aromatic heterocycles. The van der Waals surface area contributed by atoms with Crippen LogP contribution in [0.2, 0.25) is 0 Å². The predicted octanol–water partition coefficient (Wildman–Crippen LogP) is 4.32. The van der Waals surface area contributed by atoms with Crippen LogP contribution in [-0.4, -0.2) is 18.5 Å². The number of fused-ring (bicyclic) bond motifs is 2. The molecule has 3 rings (SSSR count). The van der Waals surface area contributed by atoms with Gasteiger partial charge in [0.25, 0.3) is 0 Å². The lowest BCUT2D eigenvalue weighted by atomic mass is 9.88. The summed E-state index contributed by atoms with van der Waals surface area (Å²) in [7, 11) is 2.27. The first-order valence-corrected chi connectivity index (χ1v) is 7.93. The molecule has 18 heavy (non-hydrogen) atoms. The van der Waals surface area contributed by atoms with E-state index < -0.39 is 0 Å². The van der Waals surface area contributed by atoms with Crippen molar-refractivity contribution in [2.24, 2.45) is 17.8 Å². The second kappa shape index (κ2) is 5.34. The molecule has 0 saturated heterocycles. The highest BCUT2D eigenvalue weighted by atomic mass is 79.9. The van der Waals surface area contributed by atoms with Crippen LogP contribution < -0.4 is 0 Å². The van der Waals surface area contributed by atoms with Crippen molar-refractivity contribution in [3.05, 3.63) is 34.3 Å². The summed E-state index contributed by atoms with van der Waals surface area (Å²) in [6, 6.07) is 8.68. The summed E-state index contributed by atoms with van der Waals surface area (Å²) in [5.74, 6) is 3.08. The highest BCUT2D eigenvalue weighted by Gasteiger charge is 2.39. The molecule has 0 radical (unpaired) electrons. The Hall–Kier alpha value is -0.340. The average molecular weight is 308 g/mol. The van der Waals surface area contributed by atoms with Crippen molar-refractivity contribution in [3.8, 4) is 0 Å². The molecule has 3 unspecified atom stereocenters.